The first kappa shape index (κ1) is 13.2. The molecule has 0 heterocycles. The first-order valence-corrected chi connectivity index (χ1v) is 5.59. The molecular formula is C13H7ClFNO3. The van der Waals surface area contributed by atoms with E-state index in [0.717, 1.165) is 6.07 Å². The van der Waals surface area contributed by atoms with Gasteiger partial charge in [-0.2, -0.15) is 0 Å². The molecule has 0 spiro atoms. The van der Waals surface area contributed by atoms with Gasteiger partial charge < -0.3 is 0 Å². The number of carbonyl (C=O) groups is 1. The summed E-state index contributed by atoms with van der Waals surface area (Å²) in [4.78, 5) is 20.9. The van der Waals surface area contributed by atoms with Gasteiger partial charge in [0.15, 0.2) is 6.29 Å². The molecule has 0 radical (unpaired) electrons. The average molecular weight is 280 g/mol. The van der Waals surface area contributed by atoms with Gasteiger partial charge in [0.2, 0.25) is 0 Å². The number of rotatable bonds is 3. The van der Waals surface area contributed by atoms with E-state index in [1.54, 1.807) is 0 Å². The molecule has 19 heavy (non-hydrogen) atoms. The molecule has 96 valence electrons. The van der Waals surface area contributed by atoms with Crippen LogP contribution in [0.15, 0.2) is 36.4 Å². The van der Waals surface area contributed by atoms with E-state index >= 15 is 0 Å². The molecule has 4 nitrogen and oxygen atoms in total. The fraction of sp³-hybridized carbons (Fsp3) is 0. The molecule has 0 amide bonds. The summed E-state index contributed by atoms with van der Waals surface area (Å²) in [5.74, 6) is -0.520. The van der Waals surface area contributed by atoms with E-state index < -0.39 is 10.7 Å². The topological polar surface area (TPSA) is 60.2 Å². The summed E-state index contributed by atoms with van der Waals surface area (Å²) in [6.07, 6.45) is 0.391. The van der Waals surface area contributed by atoms with Crippen LogP contribution in [0.2, 0.25) is 5.02 Å². The number of benzene rings is 2. The number of nitro groups is 1. The van der Waals surface area contributed by atoms with Crippen LogP contribution in [0.4, 0.5) is 10.1 Å². The molecule has 2 aromatic rings. The fourth-order valence-electron chi connectivity index (χ4n) is 1.72. The van der Waals surface area contributed by atoms with Gasteiger partial charge in [-0.1, -0.05) is 11.6 Å². The number of hydrogen-bond acceptors (Lipinski definition) is 3. The largest absolute Gasteiger partial charge is 0.298 e. The zero-order valence-corrected chi connectivity index (χ0v) is 10.2. The van der Waals surface area contributed by atoms with Crippen molar-refractivity contribution in [2.24, 2.45) is 0 Å². The molecule has 0 aliphatic rings. The van der Waals surface area contributed by atoms with Crippen molar-refractivity contribution in [2.75, 3.05) is 0 Å². The molecule has 0 fully saturated rings. The van der Waals surface area contributed by atoms with Gasteiger partial charge >= 0.3 is 0 Å². The molecule has 2 aromatic carbocycles. The van der Waals surface area contributed by atoms with Crippen molar-refractivity contribution < 1.29 is 14.1 Å². The number of hydrogen-bond donors (Lipinski definition) is 0. The molecule has 0 saturated heterocycles. The number of carbonyl (C=O) groups excluding carboxylic acids is 1. The second-order valence-corrected chi connectivity index (χ2v) is 4.24. The van der Waals surface area contributed by atoms with E-state index in [1.807, 2.05) is 0 Å². The highest BCUT2D eigenvalue weighted by molar-refractivity contribution is 6.30. The molecule has 0 aliphatic heterocycles. The van der Waals surface area contributed by atoms with Gasteiger partial charge in [-0.05, 0) is 41.5 Å². The Morgan fingerprint density at radius 1 is 1.16 bits per heavy atom. The summed E-state index contributed by atoms with van der Waals surface area (Å²) < 4.78 is 13.2. The van der Waals surface area contributed by atoms with E-state index in [9.17, 15) is 19.3 Å². The lowest BCUT2D eigenvalue weighted by Crippen LogP contribution is -1.94. The highest BCUT2D eigenvalue weighted by Crippen LogP contribution is 2.28. The number of nitro benzene ring substituents is 1. The molecule has 0 unspecified atom stereocenters. The third-order valence-corrected chi connectivity index (χ3v) is 2.77. The molecule has 0 N–H and O–H groups in total. The summed E-state index contributed by atoms with van der Waals surface area (Å²) in [6, 6.07) is 7.88. The quantitative estimate of drug-likeness (QED) is 0.487. The van der Waals surface area contributed by atoms with Gasteiger partial charge in [-0.25, -0.2) is 4.39 Å². The van der Waals surface area contributed by atoms with Gasteiger partial charge in [-0.15, -0.1) is 0 Å². The normalized spacial score (nSPS) is 10.2. The molecule has 0 saturated carbocycles. The summed E-state index contributed by atoms with van der Waals surface area (Å²) in [6.45, 7) is 0. The maximum absolute atomic E-state index is 13.2. The summed E-state index contributed by atoms with van der Waals surface area (Å²) in [5, 5.41) is 10.9. The second-order valence-electron chi connectivity index (χ2n) is 3.81. The van der Waals surface area contributed by atoms with Crippen molar-refractivity contribution in [3.63, 3.8) is 0 Å². The van der Waals surface area contributed by atoms with Crippen LogP contribution in [0, 0.1) is 15.9 Å². The first-order valence-electron chi connectivity index (χ1n) is 5.21. The van der Waals surface area contributed by atoms with Gasteiger partial charge in [0, 0.05) is 11.1 Å². The Labute approximate surface area is 112 Å². The lowest BCUT2D eigenvalue weighted by atomic mass is 10.0. The fourth-order valence-corrected chi connectivity index (χ4v) is 1.94. The Balaban J connectivity index is 2.57. The minimum atomic E-state index is -0.647. The van der Waals surface area contributed by atoms with Gasteiger partial charge in [0.25, 0.3) is 5.69 Å². The third kappa shape index (κ3) is 2.77. The lowest BCUT2D eigenvalue weighted by Gasteiger charge is -2.04. The van der Waals surface area contributed by atoms with E-state index in [2.05, 4.69) is 0 Å². The maximum Gasteiger partial charge on any atom is 0.279 e. The molecule has 0 bridgehead atoms. The Kier molecular flexibility index (Phi) is 3.57. The molecule has 2 rings (SSSR count). The van der Waals surface area contributed by atoms with E-state index in [-0.39, 0.29) is 16.3 Å². The van der Waals surface area contributed by atoms with Crippen LogP contribution in [-0.4, -0.2) is 11.2 Å². The summed E-state index contributed by atoms with van der Waals surface area (Å²) in [7, 11) is 0. The Morgan fingerprint density at radius 3 is 2.47 bits per heavy atom. The van der Waals surface area contributed by atoms with Crippen LogP contribution in [-0.2, 0) is 0 Å². The lowest BCUT2D eigenvalue weighted by molar-refractivity contribution is -0.385. The van der Waals surface area contributed by atoms with Gasteiger partial charge in [-0.3, -0.25) is 14.9 Å². The Morgan fingerprint density at radius 2 is 1.89 bits per heavy atom. The highest BCUT2D eigenvalue weighted by Gasteiger charge is 2.14. The van der Waals surface area contributed by atoms with Crippen molar-refractivity contribution in [1.29, 1.82) is 0 Å². The van der Waals surface area contributed by atoms with Crippen LogP contribution in [0.3, 0.4) is 0 Å². The minimum Gasteiger partial charge on any atom is -0.298 e. The smallest absolute Gasteiger partial charge is 0.279 e. The van der Waals surface area contributed by atoms with Crippen LogP contribution < -0.4 is 0 Å². The predicted octanol–water partition coefficient (Wildman–Crippen LogP) is 3.87. The van der Waals surface area contributed by atoms with Crippen LogP contribution in [0.25, 0.3) is 11.1 Å². The number of aldehydes is 1. The van der Waals surface area contributed by atoms with Gasteiger partial charge in [0.1, 0.15) is 5.82 Å². The third-order valence-electron chi connectivity index (χ3n) is 2.55. The standard InChI is InChI=1S/C13H7ClFNO3/c14-11-4-9(5-12(15)6-11)8-1-2-13(16(18)19)10(3-8)7-17/h1-7H. The Hall–Kier alpha value is -2.27. The van der Waals surface area contributed by atoms with Gasteiger partial charge in [0.05, 0.1) is 10.5 Å². The van der Waals surface area contributed by atoms with Crippen molar-refractivity contribution in [2.45, 2.75) is 0 Å². The number of halogens is 2. The predicted molar refractivity (Wildman–Crippen MR) is 68.9 cm³/mol. The van der Waals surface area contributed by atoms with Crippen molar-refractivity contribution in [3.05, 3.63) is 62.9 Å². The summed E-state index contributed by atoms with van der Waals surface area (Å²) >= 11 is 5.74. The minimum absolute atomic E-state index is 0.0668. The van der Waals surface area contributed by atoms with Crippen molar-refractivity contribution in [3.8, 4) is 11.1 Å². The van der Waals surface area contributed by atoms with Crippen LogP contribution >= 0.6 is 11.6 Å². The second kappa shape index (κ2) is 5.16. The molecular weight excluding hydrogens is 273 g/mol. The van der Waals surface area contributed by atoms with E-state index in [1.165, 1.54) is 30.3 Å². The monoisotopic (exact) mass is 279 g/mol. The van der Waals surface area contributed by atoms with E-state index in [0.29, 0.717) is 17.4 Å². The summed E-state index contributed by atoms with van der Waals surface area (Å²) in [5.41, 5.74) is 0.571. The molecule has 6 heteroatoms. The average Bonchev–Trinajstić information content (AvgIpc) is 2.36. The first-order chi connectivity index (χ1) is 9.01. The Bertz CT molecular complexity index is 653. The zero-order chi connectivity index (χ0) is 14.0. The number of nitrogens with zero attached hydrogens (tertiary/aromatic N) is 1. The van der Waals surface area contributed by atoms with E-state index in [4.69, 9.17) is 11.6 Å². The SMILES string of the molecule is O=Cc1cc(-c2cc(F)cc(Cl)c2)ccc1[N+](=O)[O-]. The molecule has 0 atom stereocenters. The van der Waals surface area contributed by atoms with Crippen LogP contribution in [0.1, 0.15) is 10.4 Å². The molecule has 0 aliphatic carbocycles. The maximum atomic E-state index is 13.2. The highest BCUT2D eigenvalue weighted by atomic mass is 35.5. The van der Waals surface area contributed by atoms with Crippen LogP contribution in [0.5, 0.6) is 0 Å². The van der Waals surface area contributed by atoms with Crippen molar-refractivity contribution >= 4 is 23.6 Å². The van der Waals surface area contributed by atoms with Crippen molar-refractivity contribution in [1.82, 2.24) is 0 Å². The molecule has 0 aromatic heterocycles. The zero-order valence-electron chi connectivity index (χ0n) is 9.47.